The Balaban J connectivity index is 3.27. The van der Waals surface area contributed by atoms with Crippen LogP contribution in [0.3, 0.4) is 0 Å². The molecule has 0 aromatic heterocycles. The minimum absolute atomic E-state index is 0.197. The molecule has 0 radical (unpaired) electrons. The van der Waals surface area contributed by atoms with Gasteiger partial charge in [0.05, 0.1) is 0 Å². The van der Waals surface area contributed by atoms with Gasteiger partial charge in [-0.1, -0.05) is 0 Å². The van der Waals surface area contributed by atoms with E-state index in [1.807, 2.05) is 0 Å². The van der Waals surface area contributed by atoms with Crippen molar-refractivity contribution in [1.82, 2.24) is 9.80 Å². The van der Waals surface area contributed by atoms with E-state index < -0.39 is 11.8 Å². The summed E-state index contributed by atoms with van der Waals surface area (Å²) in [6.07, 6.45) is 0. The maximum Gasteiger partial charge on any atom is 0.269 e. The molecule has 2 amide bonds. The first kappa shape index (κ1) is 12.6. The van der Waals surface area contributed by atoms with E-state index in [9.17, 15) is 14.7 Å². The molecule has 0 aliphatic carbocycles. The van der Waals surface area contributed by atoms with Gasteiger partial charge in [-0.05, 0) is 33.0 Å². The van der Waals surface area contributed by atoms with Gasteiger partial charge in [0.1, 0.15) is 11.3 Å². The predicted molar refractivity (Wildman–Crippen MR) is 62.7 cm³/mol. The molecule has 1 saturated heterocycles. The fourth-order valence-electron chi connectivity index (χ4n) is 1.55. The molecule has 88 valence electrons. The normalized spacial score (nSPS) is 17.2. The van der Waals surface area contributed by atoms with E-state index in [2.05, 4.69) is 0 Å². The minimum Gasteiger partial charge on any atom is -0.512 e. The van der Waals surface area contributed by atoms with Gasteiger partial charge in [0.25, 0.3) is 11.8 Å². The van der Waals surface area contributed by atoms with Crippen LogP contribution in [0.5, 0.6) is 0 Å². The smallest absolute Gasteiger partial charge is 0.269 e. The average molecular weight is 242 g/mol. The summed E-state index contributed by atoms with van der Waals surface area (Å²) in [4.78, 5) is 26.3. The van der Waals surface area contributed by atoms with Gasteiger partial charge in [-0.25, -0.2) is 0 Å². The Labute approximate surface area is 99.3 Å². The summed E-state index contributed by atoms with van der Waals surface area (Å²) in [5.74, 6) is -1.32. The molecule has 0 aromatic rings. The lowest BCUT2D eigenvalue weighted by Crippen LogP contribution is -2.56. The summed E-state index contributed by atoms with van der Waals surface area (Å²) in [7, 11) is 0. The quantitative estimate of drug-likeness (QED) is 0.337. The second kappa shape index (κ2) is 4.61. The number of rotatable bonds is 2. The Kier molecular flexibility index (Phi) is 3.64. The zero-order chi connectivity index (χ0) is 12.5. The average Bonchev–Trinajstić information content (AvgIpc) is 2.18. The highest BCUT2D eigenvalue weighted by atomic mass is 32.1. The maximum absolute atomic E-state index is 11.9. The lowest BCUT2D eigenvalue weighted by atomic mass is 10.1. The van der Waals surface area contributed by atoms with E-state index in [1.54, 1.807) is 13.8 Å². The Hall–Kier alpha value is -1.43. The van der Waals surface area contributed by atoms with Crippen LogP contribution in [0.2, 0.25) is 0 Å². The lowest BCUT2D eigenvalue weighted by Gasteiger charge is -2.35. The number of hydrogen-bond donors (Lipinski definition) is 1. The van der Waals surface area contributed by atoms with E-state index >= 15 is 0 Å². The zero-order valence-corrected chi connectivity index (χ0v) is 10.3. The summed E-state index contributed by atoms with van der Waals surface area (Å²) in [6, 6.07) is 0. The third-order valence-corrected chi connectivity index (χ3v) is 2.81. The maximum atomic E-state index is 11.9. The molecular weight excluding hydrogens is 228 g/mol. The molecule has 0 spiro atoms. The van der Waals surface area contributed by atoms with Crippen LogP contribution in [0.4, 0.5) is 0 Å². The van der Waals surface area contributed by atoms with Crippen LogP contribution < -0.4 is 0 Å². The summed E-state index contributed by atoms with van der Waals surface area (Å²) < 4.78 is 0. The van der Waals surface area contributed by atoms with E-state index in [4.69, 9.17) is 12.2 Å². The highest BCUT2D eigenvalue weighted by Gasteiger charge is 2.39. The Morgan fingerprint density at radius 2 is 1.56 bits per heavy atom. The van der Waals surface area contributed by atoms with Crippen molar-refractivity contribution in [2.45, 2.75) is 20.8 Å². The van der Waals surface area contributed by atoms with Gasteiger partial charge in [-0.3, -0.25) is 19.4 Å². The van der Waals surface area contributed by atoms with Crippen molar-refractivity contribution in [3.8, 4) is 0 Å². The highest BCUT2D eigenvalue weighted by Crippen LogP contribution is 2.19. The van der Waals surface area contributed by atoms with E-state index in [0.717, 1.165) is 0 Å². The molecule has 5 nitrogen and oxygen atoms in total. The molecule has 0 bridgehead atoms. The highest BCUT2D eigenvalue weighted by molar-refractivity contribution is 7.80. The van der Waals surface area contributed by atoms with Crippen molar-refractivity contribution >= 4 is 29.1 Å². The van der Waals surface area contributed by atoms with Crippen LogP contribution >= 0.6 is 12.2 Å². The second-order valence-corrected chi connectivity index (χ2v) is 3.71. The third kappa shape index (κ3) is 1.80. The summed E-state index contributed by atoms with van der Waals surface area (Å²) in [6.45, 7) is 5.59. The van der Waals surface area contributed by atoms with Crippen molar-refractivity contribution in [2.24, 2.45) is 0 Å². The van der Waals surface area contributed by atoms with Crippen LogP contribution in [0.1, 0.15) is 20.8 Å². The van der Waals surface area contributed by atoms with Gasteiger partial charge in [0.15, 0.2) is 5.11 Å². The molecule has 6 heteroatoms. The van der Waals surface area contributed by atoms with Crippen molar-refractivity contribution in [1.29, 1.82) is 0 Å². The molecule has 1 N–H and O–H groups in total. The molecule has 1 heterocycles. The Morgan fingerprint density at radius 3 is 1.81 bits per heavy atom. The third-order valence-electron chi connectivity index (χ3n) is 2.37. The summed E-state index contributed by atoms with van der Waals surface area (Å²) in [5.41, 5.74) is -0.197. The number of aliphatic hydroxyl groups is 1. The van der Waals surface area contributed by atoms with Crippen LogP contribution in [-0.4, -0.2) is 44.9 Å². The molecular formula is C10H14N2O3S. The first-order valence-corrected chi connectivity index (χ1v) is 5.44. The van der Waals surface area contributed by atoms with Gasteiger partial charge in [0.2, 0.25) is 0 Å². The first-order valence-electron chi connectivity index (χ1n) is 5.03. The molecule has 1 rings (SSSR count). The molecule has 16 heavy (non-hydrogen) atoms. The summed E-state index contributed by atoms with van der Waals surface area (Å²) in [5, 5.41) is 9.57. The van der Waals surface area contributed by atoms with E-state index in [1.165, 1.54) is 16.7 Å². The van der Waals surface area contributed by atoms with Crippen LogP contribution in [-0.2, 0) is 9.59 Å². The Morgan fingerprint density at radius 1 is 1.19 bits per heavy atom. The monoisotopic (exact) mass is 242 g/mol. The fourth-order valence-corrected chi connectivity index (χ4v) is 1.97. The van der Waals surface area contributed by atoms with Crippen LogP contribution in [0, 0.1) is 0 Å². The molecule has 1 aliphatic rings. The number of carbonyl (C=O) groups is 2. The van der Waals surface area contributed by atoms with Crippen molar-refractivity contribution in [3.63, 3.8) is 0 Å². The molecule has 0 saturated carbocycles. The van der Waals surface area contributed by atoms with Crippen molar-refractivity contribution in [3.05, 3.63) is 11.3 Å². The topological polar surface area (TPSA) is 60.9 Å². The molecule has 0 aromatic carbocycles. The SMILES string of the molecule is CCN1C(=O)C(=C(C)O)C(=O)N(CC)C1=S. The number of thiocarbonyl (C=S) groups is 1. The van der Waals surface area contributed by atoms with Gasteiger partial charge in [-0.15, -0.1) is 0 Å². The standard InChI is InChI=1S/C10H14N2O3S/c1-4-11-8(14)7(6(3)13)9(15)12(5-2)10(11)16/h13H,4-5H2,1-3H3. The zero-order valence-electron chi connectivity index (χ0n) is 9.48. The predicted octanol–water partition coefficient (Wildman–Crippen LogP) is 0.814. The molecule has 0 unspecified atom stereocenters. The van der Waals surface area contributed by atoms with Crippen molar-refractivity contribution < 1.29 is 14.7 Å². The number of allylic oxidation sites excluding steroid dienone is 1. The fraction of sp³-hybridized carbons (Fsp3) is 0.500. The van der Waals surface area contributed by atoms with Crippen molar-refractivity contribution in [2.75, 3.05) is 13.1 Å². The molecule has 1 fully saturated rings. The van der Waals surface area contributed by atoms with Gasteiger partial charge >= 0.3 is 0 Å². The minimum atomic E-state index is -0.526. The number of hydrogen-bond acceptors (Lipinski definition) is 4. The van der Waals surface area contributed by atoms with Gasteiger partial charge in [0, 0.05) is 13.1 Å². The Bertz CT molecular complexity index is 358. The van der Waals surface area contributed by atoms with Crippen LogP contribution in [0.25, 0.3) is 0 Å². The number of nitrogens with zero attached hydrogens (tertiary/aromatic N) is 2. The number of carbonyl (C=O) groups excluding carboxylic acids is 2. The molecule has 1 aliphatic heterocycles. The number of aliphatic hydroxyl groups excluding tert-OH is 1. The van der Waals surface area contributed by atoms with Crippen LogP contribution in [0.15, 0.2) is 11.3 Å². The first-order chi connectivity index (χ1) is 7.45. The molecule has 0 atom stereocenters. The van der Waals surface area contributed by atoms with Gasteiger partial charge < -0.3 is 5.11 Å². The second-order valence-electron chi connectivity index (χ2n) is 3.34. The van der Waals surface area contributed by atoms with E-state index in [-0.39, 0.29) is 16.4 Å². The number of amides is 2. The largest absolute Gasteiger partial charge is 0.512 e. The van der Waals surface area contributed by atoms with Gasteiger partial charge in [-0.2, -0.15) is 0 Å². The lowest BCUT2D eigenvalue weighted by molar-refractivity contribution is -0.134. The summed E-state index contributed by atoms with van der Waals surface area (Å²) >= 11 is 5.05. The number of likely N-dealkylation sites (N-methyl/N-ethyl adjacent to an activating group) is 2. The van der Waals surface area contributed by atoms with E-state index in [0.29, 0.717) is 13.1 Å².